The number of non-ortho nitro benzene ring substituents is 1. The number of para-hydroxylation sites is 1. The number of morpholine rings is 1. The molecule has 0 atom stereocenters. The number of nitrogens with zero attached hydrogens (tertiary/aromatic N) is 2. The lowest BCUT2D eigenvalue weighted by molar-refractivity contribution is -0.384. The Kier molecular flexibility index (Phi) is 4.47. The fraction of sp³-hybridized carbons (Fsp3) is 0.211. The molecule has 1 N–H and O–H groups in total. The predicted molar refractivity (Wildman–Crippen MR) is 100 cm³/mol. The SMILES string of the molecule is O=C(Nc1ccc([N+](=O)[O-])cc1N1CCOCC1)c1cc2ccccc2o1. The van der Waals surface area contributed by atoms with E-state index in [4.69, 9.17) is 9.15 Å². The molecule has 138 valence electrons. The van der Waals surface area contributed by atoms with Crippen LogP contribution in [0.25, 0.3) is 11.0 Å². The van der Waals surface area contributed by atoms with Gasteiger partial charge in [0.25, 0.3) is 11.6 Å². The smallest absolute Gasteiger partial charge is 0.291 e. The highest BCUT2D eigenvalue weighted by Gasteiger charge is 2.21. The van der Waals surface area contributed by atoms with Crippen molar-refractivity contribution >= 4 is 33.9 Å². The molecule has 27 heavy (non-hydrogen) atoms. The molecule has 0 saturated carbocycles. The Labute approximate surface area is 154 Å². The number of hydrogen-bond acceptors (Lipinski definition) is 6. The molecule has 1 amide bonds. The molecule has 3 aromatic rings. The van der Waals surface area contributed by atoms with Gasteiger partial charge in [-0.3, -0.25) is 14.9 Å². The minimum Gasteiger partial charge on any atom is -0.451 e. The lowest BCUT2D eigenvalue weighted by atomic mass is 10.2. The number of amides is 1. The maximum Gasteiger partial charge on any atom is 0.291 e. The number of anilines is 2. The van der Waals surface area contributed by atoms with Crippen molar-refractivity contribution in [2.75, 3.05) is 36.5 Å². The average Bonchev–Trinajstić information content (AvgIpc) is 3.13. The molecule has 0 aliphatic carbocycles. The Hall–Kier alpha value is -3.39. The molecule has 0 spiro atoms. The predicted octanol–water partition coefficient (Wildman–Crippen LogP) is 3.43. The van der Waals surface area contributed by atoms with Crippen molar-refractivity contribution < 1.29 is 18.9 Å². The first-order valence-corrected chi connectivity index (χ1v) is 8.53. The molecule has 4 rings (SSSR count). The number of benzene rings is 2. The van der Waals surface area contributed by atoms with Gasteiger partial charge in [0.05, 0.1) is 29.5 Å². The summed E-state index contributed by atoms with van der Waals surface area (Å²) in [6.45, 7) is 2.24. The molecule has 1 aromatic heterocycles. The Morgan fingerprint density at radius 2 is 1.89 bits per heavy atom. The maximum atomic E-state index is 12.7. The summed E-state index contributed by atoms with van der Waals surface area (Å²) in [5, 5.41) is 14.8. The minimum absolute atomic E-state index is 0.0294. The number of nitro groups is 1. The monoisotopic (exact) mass is 367 g/mol. The van der Waals surface area contributed by atoms with Gasteiger partial charge in [-0.05, 0) is 18.2 Å². The first-order chi connectivity index (χ1) is 13.1. The zero-order valence-electron chi connectivity index (χ0n) is 14.4. The number of fused-ring (bicyclic) bond motifs is 1. The van der Waals surface area contributed by atoms with Crippen LogP contribution in [0.4, 0.5) is 17.1 Å². The Bertz CT molecular complexity index is 975. The molecule has 8 nitrogen and oxygen atoms in total. The average molecular weight is 367 g/mol. The highest BCUT2D eigenvalue weighted by molar-refractivity contribution is 6.06. The van der Waals surface area contributed by atoms with Gasteiger partial charge in [-0.15, -0.1) is 0 Å². The minimum atomic E-state index is -0.450. The zero-order valence-corrected chi connectivity index (χ0v) is 14.4. The molecular weight excluding hydrogens is 350 g/mol. The van der Waals surface area contributed by atoms with Crippen molar-refractivity contribution in [3.05, 3.63) is 64.4 Å². The van der Waals surface area contributed by atoms with Crippen molar-refractivity contribution in [2.45, 2.75) is 0 Å². The van der Waals surface area contributed by atoms with Gasteiger partial charge >= 0.3 is 0 Å². The van der Waals surface area contributed by atoms with E-state index in [-0.39, 0.29) is 11.4 Å². The molecule has 2 heterocycles. The standard InChI is InChI=1S/C19H17N3O5/c23-19(18-11-13-3-1-2-4-17(13)27-18)20-15-6-5-14(22(24)25)12-16(15)21-7-9-26-10-8-21/h1-6,11-12H,7-10H2,(H,20,23). The van der Waals surface area contributed by atoms with E-state index < -0.39 is 10.8 Å². The van der Waals surface area contributed by atoms with Gasteiger partial charge in [0.15, 0.2) is 5.76 Å². The van der Waals surface area contributed by atoms with Crippen molar-refractivity contribution in [3.8, 4) is 0 Å². The number of nitrogens with one attached hydrogen (secondary N) is 1. The number of rotatable bonds is 4. The second-order valence-electron chi connectivity index (χ2n) is 6.16. The molecule has 0 radical (unpaired) electrons. The van der Waals surface area contributed by atoms with E-state index in [1.54, 1.807) is 18.2 Å². The summed E-state index contributed by atoms with van der Waals surface area (Å²) in [7, 11) is 0. The molecule has 0 unspecified atom stereocenters. The molecule has 1 aliphatic rings. The summed E-state index contributed by atoms with van der Waals surface area (Å²) in [6, 6.07) is 13.4. The first kappa shape index (κ1) is 17.0. The third-order valence-electron chi connectivity index (χ3n) is 4.44. The zero-order chi connectivity index (χ0) is 18.8. The van der Waals surface area contributed by atoms with Gasteiger partial charge in [-0.2, -0.15) is 0 Å². The van der Waals surface area contributed by atoms with Crippen LogP contribution in [-0.2, 0) is 4.74 Å². The highest BCUT2D eigenvalue weighted by atomic mass is 16.6. The van der Waals surface area contributed by atoms with Gasteiger partial charge in [-0.25, -0.2) is 0 Å². The van der Waals surface area contributed by atoms with Crippen LogP contribution in [0.2, 0.25) is 0 Å². The molecule has 2 aromatic carbocycles. The molecule has 1 aliphatic heterocycles. The normalized spacial score (nSPS) is 14.3. The molecular formula is C19H17N3O5. The third-order valence-corrected chi connectivity index (χ3v) is 4.44. The van der Waals surface area contributed by atoms with E-state index in [0.717, 1.165) is 5.39 Å². The van der Waals surface area contributed by atoms with Gasteiger partial charge < -0.3 is 19.4 Å². The Morgan fingerprint density at radius 1 is 1.11 bits per heavy atom. The van der Waals surface area contributed by atoms with Crippen LogP contribution >= 0.6 is 0 Å². The van der Waals surface area contributed by atoms with E-state index in [1.165, 1.54) is 12.1 Å². The van der Waals surface area contributed by atoms with E-state index in [2.05, 4.69) is 5.32 Å². The number of furan rings is 1. The van der Waals surface area contributed by atoms with E-state index in [9.17, 15) is 14.9 Å². The van der Waals surface area contributed by atoms with Crippen LogP contribution in [0.3, 0.4) is 0 Å². The van der Waals surface area contributed by atoms with Crippen LogP contribution in [0.15, 0.2) is 52.9 Å². The van der Waals surface area contributed by atoms with Gasteiger partial charge in [0, 0.05) is 30.6 Å². The first-order valence-electron chi connectivity index (χ1n) is 8.53. The van der Waals surface area contributed by atoms with Crippen molar-refractivity contribution in [1.82, 2.24) is 0 Å². The maximum absolute atomic E-state index is 12.7. The number of carbonyl (C=O) groups excluding carboxylic acids is 1. The van der Waals surface area contributed by atoms with Crippen molar-refractivity contribution in [1.29, 1.82) is 0 Å². The van der Waals surface area contributed by atoms with E-state index in [1.807, 2.05) is 23.1 Å². The fourth-order valence-corrected chi connectivity index (χ4v) is 3.08. The van der Waals surface area contributed by atoms with Crippen LogP contribution in [0, 0.1) is 10.1 Å². The van der Waals surface area contributed by atoms with Crippen LogP contribution < -0.4 is 10.2 Å². The van der Waals surface area contributed by atoms with Crippen LogP contribution in [0.5, 0.6) is 0 Å². The third kappa shape index (κ3) is 3.47. The number of ether oxygens (including phenoxy) is 1. The van der Waals surface area contributed by atoms with Gasteiger partial charge in [-0.1, -0.05) is 18.2 Å². The Morgan fingerprint density at radius 3 is 2.63 bits per heavy atom. The number of nitro benzene ring substituents is 1. The highest BCUT2D eigenvalue weighted by Crippen LogP contribution is 2.32. The van der Waals surface area contributed by atoms with E-state index in [0.29, 0.717) is 43.3 Å². The molecule has 0 bridgehead atoms. The number of hydrogen-bond donors (Lipinski definition) is 1. The van der Waals surface area contributed by atoms with Crippen molar-refractivity contribution in [3.63, 3.8) is 0 Å². The molecule has 1 saturated heterocycles. The second-order valence-corrected chi connectivity index (χ2v) is 6.16. The van der Waals surface area contributed by atoms with E-state index >= 15 is 0 Å². The number of carbonyl (C=O) groups is 1. The summed E-state index contributed by atoms with van der Waals surface area (Å²) in [5.41, 5.74) is 1.68. The largest absolute Gasteiger partial charge is 0.451 e. The summed E-state index contributed by atoms with van der Waals surface area (Å²) in [6.07, 6.45) is 0. The quantitative estimate of drug-likeness (QED) is 0.560. The second kappa shape index (κ2) is 7.08. The molecule has 8 heteroatoms. The lowest BCUT2D eigenvalue weighted by Crippen LogP contribution is -2.36. The topological polar surface area (TPSA) is 97.8 Å². The fourth-order valence-electron chi connectivity index (χ4n) is 3.08. The van der Waals surface area contributed by atoms with Crippen molar-refractivity contribution in [2.24, 2.45) is 0 Å². The summed E-state index contributed by atoms with van der Waals surface area (Å²) < 4.78 is 10.9. The van der Waals surface area contributed by atoms with Crippen LogP contribution in [0.1, 0.15) is 10.6 Å². The summed E-state index contributed by atoms with van der Waals surface area (Å²) in [5.74, 6) is -0.225. The summed E-state index contributed by atoms with van der Waals surface area (Å²) in [4.78, 5) is 25.3. The summed E-state index contributed by atoms with van der Waals surface area (Å²) >= 11 is 0. The van der Waals surface area contributed by atoms with Gasteiger partial charge in [0.2, 0.25) is 0 Å². The Balaban J connectivity index is 1.65. The van der Waals surface area contributed by atoms with Crippen LogP contribution in [-0.4, -0.2) is 37.1 Å². The lowest BCUT2D eigenvalue weighted by Gasteiger charge is -2.30. The van der Waals surface area contributed by atoms with Gasteiger partial charge in [0.1, 0.15) is 5.58 Å². The molecule has 1 fully saturated rings.